The molecule has 0 amide bonds. The molecule has 0 atom stereocenters. The quantitative estimate of drug-likeness (QED) is 0.513. The minimum Gasteiger partial charge on any atom is -0.454 e. The zero-order chi connectivity index (χ0) is 16.2. The molecule has 2 aromatic rings. The number of hydrogen-bond donors (Lipinski definition) is 2. The van der Waals surface area contributed by atoms with Gasteiger partial charge in [-0.3, -0.25) is 0 Å². The average Bonchev–Trinajstić information content (AvgIpc) is 3.01. The van der Waals surface area contributed by atoms with Crippen LogP contribution in [0.25, 0.3) is 0 Å². The molecule has 6 heteroatoms. The number of nitrogens with one attached hydrogen (secondary N) is 1. The van der Waals surface area contributed by atoms with Gasteiger partial charge >= 0.3 is 0 Å². The van der Waals surface area contributed by atoms with E-state index in [1.165, 1.54) is 6.20 Å². The third kappa shape index (κ3) is 3.40. The molecule has 0 spiro atoms. The Morgan fingerprint density at radius 1 is 1.26 bits per heavy atom. The van der Waals surface area contributed by atoms with Crippen molar-refractivity contribution in [2.45, 2.75) is 6.54 Å². The SMILES string of the molecule is C=C/N=C(/NCc1ccc2c(c1)OCO2)c1cc(Cl)ccc1N. The molecular formula is C17H16ClN3O2. The highest BCUT2D eigenvalue weighted by atomic mass is 35.5. The van der Waals surface area contributed by atoms with Crippen molar-refractivity contribution in [1.82, 2.24) is 5.32 Å². The zero-order valence-corrected chi connectivity index (χ0v) is 13.1. The van der Waals surface area contributed by atoms with Gasteiger partial charge in [-0.2, -0.15) is 0 Å². The van der Waals surface area contributed by atoms with Crippen LogP contribution in [0.4, 0.5) is 5.69 Å². The first-order valence-electron chi connectivity index (χ1n) is 7.04. The molecule has 1 aliphatic heterocycles. The number of nitrogens with two attached hydrogens (primary N) is 1. The molecule has 0 saturated heterocycles. The fraction of sp³-hybridized carbons (Fsp3) is 0.118. The smallest absolute Gasteiger partial charge is 0.231 e. The predicted molar refractivity (Wildman–Crippen MR) is 92.0 cm³/mol. The molecule has 5 nitrogen and oxygen atoms in total. The topological polar surface area (TPSA) is 68.9 Å². The van der Waals surface area contributed by atoms with E-state index in [-0.39, 0.29) is 6.79 Å². The van der Waals surface area contributed by atoms with Gasteiger partial charge < -0.3 is 20.5 Å². The van der Waals surface area contributed by atoms with Crippen molar-refractivity contribution in [2.24, 2.45) is 4.99 Å². The van der Waals surface area contributed by atoms with Crippen molar-refractivity contribution >= 4 is 23.1 Å². The molecule has 23 heavy (non-hydrogen) atoms. The lowest BCUT2D eigenvalue weighted by Gasteiger charge is -2.12. The summed E-state index contributed by atoms with van der Waals surface area (Å²) in [6, 6.07) is 11.0. The molecule has 2 aromatic carbocycles. The van der Waals surface area contributed by atoms with E-state index < -0.39 is 0 Å². The molecule has 0 radical (unpaired) electrons. The number of aliphatic imine (C=N–C) groups is 1. The normalized spacial score (nSPS) is 13.0. The summed E-state index contributed by atoms with van der Waals surface area (Å²) in [5.74, 6) is 2.11. The predicted octanol–water partition coefficient (Wildman–Crippen LogP) is 3.33. The molecule has 1 aliphatic rings. The number of rotatable bonds is 4. The van der Waals surface area contributed by atoms with Crippen LogP contribution in [0.1, 0.15) is 11.1 Å². The molecular weight excluding hydrogens is 314 g/mol. The monoisotopic (exact) mass is 329 g/mol. The Morgan fingerprint density at radius 2 is 2.09 bits per heavy atom. The van der Waals surface area contributed by atoms with Gasteiger partial charge in [0.05, 0.1) is 0 Å². The number of ether oxygens (including phenoxy) is 2. The van der Waals surface area contributed by atoms with Crippen LogP contribution in [0.2, 0.25) is 5.02 Å². The van der Waals surface area contributed by atoms with E-state index in [0.29, 0.717) is 23.1 Å². The molecule has 1 heterocycles. The first kappa shape index (κ1) is 15.2. The number of nitrogens with zero attached hydrogens (tertiary/aromatic N) is 1. The van der Waals surface area contributed by atoms with Crippen molar-refractivity contribution in [3.63, 3.8) is 0 Å². The van der Waals surface area contributed by atoms with Gasteiger partial charge in [-0.05, 0) is 35.9 Å². The molecule has 3 rings (SSSR count). The van der Waals surface area contributed by atoms with E-state index in [4.69, 9.17) is 26.8 Å². The van der Waals surface area contributed by atoms with Gasteiger partial charge in [-0.1, -0.05) is 24.2 Å². The Morgan fingerprint density at radius 3 is 2.91 bits per heavy atom. The van der Waals surface area contributed by atoms with Crippen LogP contribution in [0.15, 0.2) is 54.2 Å². The Kier molecular flexibility index (Phi) is 4.39. The third-order valence-electron chi connectivity index (χ3n) is 3.39. The second-order valence-electron chi connectivity index (χ2n) is 4.93. The lowest BCUT2D eigenvalue weighted by molar-refractivity contribution is 0.174. The number of nitrogen functional groups attached to an aromatic ring is 1. The van der Waals surface area contributed by atoms with Crippen LogP contribution >= 0.6 is 11.6 Å². The molecule has 3 N–H and O–H groups in total. The molecule has 0 unspecified atom stereocenters. The van der Waals surface area contributed by atoms with Gasteiger partial charge in [0.15, 0.2) is 11.5 Å². The van der Waals surface area contributed by atoms with E-state index in [1.54, 1.807) is 18.2 Å². The molecule has 0 aromatic heterocycles. The molecule has 0 aliphatic carbocycles. The van der Waals surface area contributed by atoms with Gasteiger partial charge in [0.2, 0.25) is 6.79 Å². The van der Waals surface area contributed by atoms with Crippen LogP contribution in [-0.2, 0) is 6.54 Å². The molecule has 0 saturated carbocycles. The fourth-order valence-electron chi connectivity index (χ4n) is 2.27. The number of halogens is 1. The summed E-state index contributed by atoms with van der Waals surface area (Å²) < 4.78 is 10.7. The minimum absolute atomic E-state index is 0.258. The van der Waals surface area contributed by atoms with E-state index in [9.17, 15) is 0 Å². The van der Waals surface area contributed by atoms with Crippen molar-refractivity contribution in [3.05, 3.63) is 65.3 Å². The standard InChI is InChI=1S/C17H16ClN3O2/c1-2-20-17(13-8-12(18)4-5-14(13)19)21-9-11-3-6-15-16(7-11)23-10-22-15/h2-8H,1,9-10,19H2,(H,20,21). The van der Waals surface area contributed by atoms with Crippen molar-refractivity contribution in [2.75, 3.05) is 12.5 Å². The maximum Gasteiger partial charge on any atom is 0.231 e. The van der Waals surface area contributed by atoms with Crippen molar-refractivity contribution in [3.8, 4) is 11.5 Å². The van der Waals surface area contributed by atoms with E-state index >= 15 is 0 Å². The lowest BCUT2D eigenvalue weighted by atomic mass is 10.1. The van der Waals surface area contributed by atoms with E-state index in [0.717, 1.165) is 22.6 Å². The third-order valence-corrected chi connectivity index (χ3v) is 3.62. The molecule has 0 fully saturated rings. The first-order valence-corrected chi connectivity index (χ1v) is 7.41. The summed E-state index contributed by atoms with van der Waals surface area (Å²) in [5.41, 5.74) is 8.37. The number of anilines is 1. The van der Waals surface area contributed by atoms with Gasteiger partial charge in [0.1, 0.15) is 5.84 Å². The van der Waals surface area contributed by atoms with Gasteiger partial charge in [-0.25, -0.2) is 4.99 Å². The summed E-state index contributed by atoms with van der Waals surface area (Å²) in [5, 5.41) is 3.85. The maximum absolute atomic E-state index is 6.05. The van der Waals surface area contributed by atoms with Gasteiger partial charge in [-0.15, -0.1) is 0 Å². The number of fused-ring (bicyclic) bond motifs is 1. The van der Waals surface area contributed by atoms with Gasteiger partial charge in [0.25, 0.3) is 0 Å². The Hall–Kier alpha value is -2.66. The summed E-state index contributed by atoms with van der Waals surface area (Å²) in [6.07, 6.45) is 1.46. The largest absolute Gasteiger partial charge is 0.454 e. The highest BCUT2D eigenvalue weighted by Crippen LogP contribution is 2.32. The second-order valence-corrected chi connectivity index (χ2v) is 5.37. The first-order chi connectivity index (χ1) is 11.2. The minimum atomic E-state index is 0.258. The Bertz CT molecular complexity index is 774. The Balaban J connectivity index is 1.79. The van der Waals surface area contributed by atoms with Crippen LogP contribution < -0.4 is 20.5 Å². The van der Waals surface area contributed by atoms with Gasteiger partial charge in [0, 0.05) is 29.0 Å². The maximum atomic E-state index is 6.05. The summed E-state index contributed by atoms with van der Waals surface area (Å²) >= 11 is 6.05. The summed E-state index contributed by atoms with van der Waals surface area (Å²) in [6.45, 7) is 4.45. The number of amidine groups is 1. The number of hydrogen-bond acceptors (Lipinski definition) is 4. The molecule has 118 valence electrons. The fourth-order valence-corrected chi connectivity index (χ4v) is 2.44. The Labute approximate surface area is 139 Å². The van der Waals surface area contributed by atoms with Crippen LogP contribution in [0.3, 0.4) is 0 Å². The van der Waals surface area contributed by atoms with Crippen LogP contribution in [0.5, 0.6) is 11.5 Å². The zero-order valence-electron chi connectivity index (χ0n) is 12.4. The lowest BCUT2D eigenvalue weighted by Crippen LogP contribution is -2.24. The van der Waals surface area contributed by atoms with Crippen LogP contribution in [-0.4, -0.2) is 12.6 Å². The summed E-state index contributed by atoms with van der Waals surface area (Å²) in [7, 11) is 0. The molecule has 0 bridgehead atoms. The summed E-state index contributed by atoms with van der Waals surface area (Å²) in [4.78, 5) is 4.26. The van der Waals surface area contributed by atoms with Crippen LogP contribution in [0, 0.1) is 0 Å². The number of benzene rings is 2. The highest BCUT2D eigenvalue weighted by molar-refractivity contribution is 6.31. The van der Waals surface area contributed by atoms with E-state index in [2.05, 4.69) is 16.9 Å². The average molecular weight is 330 g/mol. The van der Waals surface area contributed by atoms with Crippen molar-refractivity contribution < 1.29 is 9.47 Å². The second kappa shape index (κ2) is 6.62. The van der Waals surface area contributed by atoms with Crippen molar-refractivity contribution in [1.29, 1.82) is 0 Å². The highest BCUT2D eigenvalue weighted by Gasteiger charge is 2.14. The van der Waals surface area contributed by atoms with E-state index in [1.807, 2.05) is 18.2 Å².